The molecule has 0 aromatic heterocycles. The van der Waals surface area contributed by atoms with Gasteiger partial charge in [-0.15, -0.1) is 0 Å². The van der Waals surface area contributed by atoms with Crippen molar-refractivity contribution in [2.24, 2.45) is 0 Å². The van der Waals surface area contributed by atoms with Crippen molar-refractivity contribution in [3.8, 4) is 0 Å². The highest BCUT2D eigenvalue weighted by Crippen LogP contribution is 2.41. The van der Waals surface area contributed by atoms with Crippen LogP contribution in [-0.4, -0.2) is 4.89 Å². The van der Waals surface area contributed by atoms with E-state index in [1.54, 1.807) is 18.2 Å². The lowest BCUT2D eigenvalue weighted by atomic mass is 10.4. The van der Waals surface area contributed by atoms with Gasteiger partial charge in [-0.25, -0.2) is 3.97 Å². The van der Waals surface area contributed by atoms with Crippen molar-refractivity contribution in [1.29, 1.82) is 0 Å². The van der Waals surface area contributed by atoms with E-state index in [4.69, 9.17) is 4.89 Å². The van der Waals surface area contributed by atoms with E-state index in [2.05, 4.69) is 16.9 Å². The Balaban J connectivity index is 3.03. The maximum atomic E-state index is 11.0. The second kappa shape index (κ2) is 3.41. The minimum atomic E-state index is -3.66. The van der Waals surface area contributed by atoms with Gasteiger partial charge in [-0.1, -0.05) is 18.2 Å². The third-order valence-corrected chi connectivity index (χ3v) is 3.03. The number of hydrogen-bond acceptors (Lipinski definition) is 3. The number of hydrogen-bond donors (Lipinski definition) is 2. The first-order valence-electron chi connectivity index (χ1n) is 2.88. The van der Waals surface area contributed by atoms with E-state index >= 15 is 0 Å². The molecule has 1 aromatic rings. The number of benzene rings is 1. The third-order valence-electron chi connectivity index (χ3n) is 1.19. The highest BCUT2D eigenvalue weighted by atomic mass is 32.1. The second-order valence-electron chi connectivity index (χ2n) is 1.94. The molecule has 0 aliphatic carbocycles. The Kier molecular flexibility index (Phi) is 2.73. The zero-order chi connectivity index (χ0) is 8.32. The van der Waals surface area contributed by atoms with Gasteiger partial charge in [-0.05, 0) is 25.0 Å². The van der Waals surface area contributed by atoms with Crippen molar-refractivity contribution in [2.45, 2.75) is 0 Å². The fourth-order valence-electron chi connectivity index (χ4n) is 0.664. The molecular formula is C6H7O3PS. The van der Waals surface area contributed by atoms with Gasteiger partial charge in [-0.2, -0.15) is 0 Å². The highest BCUT2D eigenvalue weighted by molar-refractivity contribution is 7.83. The molecule has 60 valence electrons. The van der Waals surface area contributed by atoms with Gasteiger partial charge in [0.2, 0.25) is 0 Å². The Bertz CT molecular complexity index is 274. The SMILES string of the molecule is O=P(O)(OS)c1ccccc1. The van der Waals surface area contributed by atoms with Crippen LogP contribution in [0.25, 0.3) is 0 Å². The quantitative estimate of drug-likeness (QED) is 0.420. The summed E-state index contributed by atoms with van der Waals surface area (Å²) in [6.07, 6.45) is 0. The summed E-state index contributed by atoms with van der Waals surface area (Å²) in [5.41, 5.74) is 0. The monoisotopic (exact) mass is 190 g/mol. The van der Waals surface area contributed by atoms with E-state index in [9.17, 15) is 4.57 Å². The predicted octanol–water partition coefficient (Wildman–Crippen LogP) is 1.36. The zero-order valence-electron chi connectivity index (χ0n) is 5.54. The molecular weight excluding hydrogens is 183 g/mol. The molecule has 1 aromatic carbocycles. The fraction of sp³-hybridized carbons (Fsp3) is 0. The lowest BCUT2D eigenvalue weighted by Gasteiger charge is -2.05. The smallest absolute Gasteiger partial charge is 0.320 e. The van der Waals surface area contributed by atoms with Crippen LogP contribution in [0.1, 0.15) is 0 Å². The zero-order valence-corrected chi connectivity index (χ0v) is 7.33. The Morgan fingerprint density at radius 2 is 1.91 bits per heavy atom. The molecule has 0 saturated carbocycles. The molecule has 0 aliphatic rings. The summed E-state index contributed by atoms with van der Waals surface area (Å²) in [6.45, 7) is 0. The van der Waals surface area contributed by atoms with E-state index in [0.717, 1.165) is 0 Å². The summed E-state index contributed by atoms with van der Waals surface area (Å²) in [7, 11) is -3.66. The van der Waals surface area contributed by atoms with Crippen LogP contribution < -0.4 is 5.30 Å². The lowest BCUT2D eigenvalue weighted by Crippen LogP contribution is -2.02. The van der Waals surface area contributed by atoms with Crippen molar-refractivity contribution in [3.63, 3.8) is 0 Å². The van der Waals surface area contributed by atoms with Gasteiger partial charge >= 0.3 is 7.60 Å². The standard InChI is InChI=1S/C6H7O3PS/c7-10(8,9-11)6-4-2-1-3-5-6/h1-5,11H,(H,7,8). The Hall–Kier alpha value is -0.280. The highest BCUT2D eigenvalue weighted by Gasteiger charge is 2.20. The molecule has 0 saturated heterocycles. The fourth-order valence-corrected chi connectivity index (χ4v) is 1.59. The van der Waals surface area contributed by atoms with Crippen molar-refractivity contribution in [2.75, 3.05) is 0 Å². The molecule has 11 heavy (non-hydrogen) atoms. The third kappa shape index (κ3) is 2.07. The van der Waals surface area contributed by atoms with E-state index in [-0.39, 0.29) is 5.30 Å². The van der Waals surface area contributed by atoms with Crippen molar-refractivity contribution >= 4 is 25.8 Å². The average Bonchev–Trinajstić information content (AvgIpc) is 2.06. The summed E-state index contributed by atoms with van der Waals surface area (Å²) in [5, 5.41) is 0.245. The molecule has 1 N–H and O–H groups in total. The van der Waals surface area contributed by atoms with Crippen molar-refractivity contribution < 1.29 is 13.4 Å². The number of thiol groups is 1. The van der Waals surface area contributed by atoms with E-state index in [1.165, 1.54) is 12.1 Å². The minimum Gasteiger partial charge on any atom is -0.320 e. The van der Waals surface area contributed by atoms with Gasteiger partial charge in [0.05, 0.1) is 5.30 Å². The lowest BCUT2D eigenvalue weighted by molar-refractivity contribution is 0.418. The summed E-state index contributed by atoms with van der Waals surface area (Å²) in [6, 6.07) is 8.09. The van der Waals surface area contributed by atoms with Gasteiger partial charge in [0.25, 0.3) is 0 Å². The van der Waals surface area contributed by atoms with Crippen LogP contribution in [0, 0.1) is 0 Å². The molecule has 1 unspecified atom stereocenters. The van der Waals surface area contributed by atoms with Crippen LogP contribution in [0.4, 0.5) is 0 Å². The first-order valence-corrected chi connectivity index (χ1v) is 4.82. The molecule has 0 fully saturated rings. The van der Waals surface area contributed by atoms with Gasteiger partial charge in [-0.3, -0.25) is 4.57 Å². The van der Waals surface area contributed by atoms with Crippen LogP contribution in [0.15, 0.2) is 30.3 Å². The largest absolute Gasteiger partial charge is 0.369 e. The van der Waals surface area contributed by atoms with Crippen LogP contribution >= 0.6 is 20.5 Å². The Morgan fingerprint density at radius 1 is 1.36 bits per heavy atom. The molecule has 0 radical (unpaired) electrons. The maximum absolute atomic E-state index is 11.0. The molecule has 1 atom stereocenters. The van der Waals surface area contributed by atoms with Crippen LogP contribution in [-0.2, 0) is 8.54 Å². The minimum absolute atomic E-state index is 0.245. The molecule has 3 nitrogen and oxygen atoms in total. The van der Waals surface area contributed by atoms with E-state index in [1.807, 2.05) is 0 Å². The maximum Gasteiger partial charge on any atom is 0.369 e. The van der Waals surface area contributed by atoms with Crippen molar-refractivity contribution in [3.05, 3.63) is 30.3 Å². The Labute approximate surface area is 70.2 Å². The second-order valence-corrected chi connectivity index (χ2v) is 4.15. The van der Waals surface area contributed by atoms with Crippen molar-refractivity contribution in [1.82, 2.24) is 0 Å². The molecule has 0 bridgehead atoms. The Morgan fingerprint density at radius 3 is 2.36 bits per heavy atom. The van der Waals surface area contributed by atoms with Gasteiger partial charge in [0.15, 0.2) is 0 Å². The number of rotatable bonds is 2. The predicted molar refractivity (Wildman–Crippen MR) is 46.0 cm³/mol. The molecule has 0 aliphatic heterocycles. The molecule has 0 amide bonds. The van der Waals surface area contributed by atoms with Gasteiger partial charge < -0.3 is 4.89 Å². The summed E-state index contributed by atoms with van der Waals surface area (Å²) in [4.78, 5) is 9.05. The summed E-state index contributed by atoms with van der Waals surface area (Å²) < 4.78 is 15.2. The molecule has 0 heterocycles. The van der Waals surface area contributed by atoms with E-state index < -0.39 is 7.60 Å². The summed E-state index contributed by atoms with van der Waals surface area (Å²) in [5.74, 6) is 0. The van der Waals surface area contributed by atoms with Gasteiger partial charge in [0.1, 0.15) is 0 Å². The van der Waals surface area contributed by atoms with E-state index in [0.29, 0.717) is 0 Å². The van der Waals surface area contributed by atoms with Crippen LogP contribution in [0.3, 0.4) is 0 Å². The molecule has 1 rings (SSSR count). The first kappa shape index (κ1) is 8.81. The van der Waals surface area contributed by atoms with Crippen LogP contribution in [0.5, 0.6) is 0 Å². The first-order chi connectivity index (χ1) is 5.17. The summed E-state index contributed by atoms with van der Waals surface area (Å²) >= 11 is 3.30. The van der Waals surface area contributed by atoms with Gasteiger partial charge in [0, 0.05) is 0 Å². The molecule has 0 spiro atoms. The topological polar surface area (TPSA) is 46.5 Å². The average molecular weight is 190 g/mol. The normalized spacial score (nSPS) is 15.8. The van der Waals surface area contributed by atoms with Crippen LogP contribution in [0.2, 0.25) is 0 Å². The molecule has 5 heteroatoms.